The predicted octanol–water partition coefficient (Wildman–Crippen LogP) is 4.43. The van der Waals surface area contributed by atoms with Gasteiger partial charge in [0.1, 0.15) is 12.4 Å². The van der Waals surface area contributed by atoms with Crippen molar-refractivity contribution < 1.29 is 27.1 Å². The Hall–Kier alpha value is -2.81. The van der Waals surface area contributed by atoms with Crippen LogP contribution < -0.4 is 19.1 Å². The third kappa shape index (κ3) is 4.98. The summed E-state index contributed by atoms with van der Waals surface area (Å²) in [7, 11) is -2.74. The molecule has 0 fully saturated rings. The molecule has 9 heteroatoms. The van der Waals surface area contributed by atoms with Crippen LogP contribution in [0.5, 0.6) is 11.5 Å². The highest BCUT2D eigenvalue weighted by atomic mass is 32.2. The number of benzene rings is 2. The summed E-state index contributed by atoms with van der Waals surface area (Å²) in [5, 5.41) is 0. The number of nitrogens with one attached hydrogen (secondary N) is 1. The number of fused-ring (bicyclic) bond motifs is 1. The van der Waals surface area contributed by atoms with Crippen LogP contribution in [-0.4, -0.2) is 34.6 Å². The fourth-order valence-electron chi connectivity index (χ4n) is 3.35. The van der Waals surface area contributed by atoms with E-state index in [0.29, 0.717) is 23.9 Å². The number of halogens is 1. The van der Waals surface area contributed by atoms with Crippen LogP contribution in [0.15, 0.2) is 41.3 Å². The van der Waals surface area contributed by atoms with Gasteiger partial charge in [0.05, 0.1) is 28.8 Å². The highest BCUT2D eigenvalue weighted by Crippen LogP contribution is 2.39. The van der Waals surface area contributed by atoms with Gasteiger partial charge in [-0.1, -0.05) is 13.8 Å². The number of rotatable bonds is 7. The summed E-state index contributed by atoms with van der Waals surface area (Å²) in [4.78, 5) is 14.6. The van der Waals surface area contributed by atoms with E-state index in [1.54, 1.807) is 23.1 Å². The Morgan fingerprint density at radius 2 is 1.94 bits per heavy atom. The molecule has 0 unspecified atom stereocenters. The normalized spacial score (nSPS) is 15.7. The zero-order valence-corrected chi connectivity index (χ0v) is 19.8. The Morgan fingerprint density at radius 1 is 1.22 bits per heavy atom. The van der Waals surface area contributed by atoms with Crippen molar-refractivity contribution in [3.05, 3.63) is 42.2 Å². The molecule has 0 bridgehead atoms. The molecule has 32 heavy (non-hydrogen) atoms. The van der Waals surface area contributed by atoms with Crippen LogP contribution in [-0.2, 0) is 14.8 Å². The lowest BCUT2D eigenvalue weighted by molar-refractivity contribution is -0.127. The van der Waals surface area contributed by atoms with Crippen LogP contribution in [0.2, 0.25) is 0 Å². The highest BCUT2D eigenvalue weighted by Gasteiger charge is 2.37. The summed E-state index contributed by atoms with van der Waals surface area (Å²) in [6.07, 6.45) is 0.818. The topological polar surface area (TPSA) is 84.9 Å². The average Bonchev–Trinajstić information content (AvgIpc) is 2.81. The Morgan fingerprint density at radius 3 is 2.56 bits per heavy atom. The maximum atomic E-state index is 14.0. The summed E-state index contributed by atoms with van der Waals surface area (Å²) in [6.45, 7) is 8.52. The SMILES string of the molecule is COc1ccc(S(=O)(=O)Nc2ccc3c(c2)OCC(C)(C)C(=O)N3CCC(C)C)cc1F. The van der Waals surface area contributed by atoms with Crippen LogP contribution in [0.25, 0.3) is 0 Å². The molecule has 1 heterocycles. The molecule has 7 nitrogen and oxygen atoms in total. The van der Waals surface area contributed by atoms with Gasteiger partial charge in [-0.2, -0.15) is 0 Å². The van der Waals surface area contributed by atoms with Gasteiger partial charge < -0.3 is 14.4 Å². The molecule has 0 aliphatic carbocycles. The molecule has 0 spiro atoms. The van der Waals surface area contributed by atoms with Crippen molar-refractivity contribution in [2.45, 2.75) is 39.0 Å². The molecule has 0 atom stereocenters. The summed E-state index contributed by atoms with van der Waals surface area (Å²) in [5.41, 5.74) is 0.117. The zero-order valence-electron chi connectivity index (χ0n) is 18.9. The van der Waals surface area contributed by atoms with E-state index in [2.05, 4.69) is 18.6 Å². The van der Waals surface area contributed by atoms with Crippen LogP contribution in [0.1, 0.15) is 34.1 Å². The lowest BCUT2D eigenvalue weighted by atomic mass is 9.92. The van der Waals surface area contributed by atoms with Gasteiger partial charge in [-0.25, -0.2) is 12.8 Å². The first-order valence-electron chi connectivity index (χ1n) is 10.4. The van der Waals surface area contributed by atoms with Crippen molar-refractivity contribution in [1.29, 1.82) is 0 Å². The minimum Gasteiger partial charge on any atom is -0.494 e. The van der Waals surface area contributed by atoms with Crippen LogP contribution >= 0.6 is 0 Å². The number of hydrogen-bond donors (Lipinski definition) is 1. The summed E-state index contributed by atoms with van der Waals surface area (Å²) in [5.74, 6) is -0.0411. The fraction of sp³-hybridized carbons (Fsp3) is 0.435. The third-order valence-corrected chi connectivity index (χ3v) is 6.66. The Balaban J connectivity index is 1.93. The number of carbonyl (C=O) groups excluding carboxylic acids is 1. The van der Waals surface area contributed by atoms with Crippen LogP contribution in [0, 0.1) is 17.2 Å². The lowest BCUT2D eigenvalue weighted by Crippen LogP contribution is -2.42. The molecule has 0 saturated carbocycles. The van der Waals surface area contributed by atoms with Gasteiger partial charge >= 0.3 is 0 Å². The van der Waals surface area contributed by atoms with Crippen molar-refractivity contribution >= 4 is 27.3 Å². The van der Waals surface area contributed by atoms with Crippen molar-refractivity contribution in [3.8, 4) is 11.5 Å². The standard InChI is InChI=1S/C23H29FN2O5S/c1-15(2)10-11-26-19-8-6-16(12-21(19)31-14-23(3,4)22(26)27)25-32(28,29)17-7-9-20(30-5)18(24)13-17/h6-9,12-13,15,25H,10-11,14H2,1-5H3. The molecule has 3 rings (SSSR count). The molecule has 0 radical (unpaired) electrons. The van der Waals surface area contributed by atoms with Crippen molar-refractivity contribution in [3.63, 3.8) is 0 Å². The lowest BCUT2D eigenvalue weighted by Gasteiger charge is -2.28. The molecule has 2 aromatic carbocycles. The first-order valence-corrected chi connectivity index (χ1v) is 11.9. The van der Waals surface area contributed by atoms with Gasteiger partial charge in [-0.3, -0.25) is 9.52 Å². The van der Waals surface area contributed by atoms with Gasteiger partial charge in [-0.15, -0.1) is 0 Å². The van der Waals surface area contributed by atoms with Gasteiger partial charge in [0.25, 0.3) is 10.0 Å². The second kappa shape index (κ2) is 8.97. The first-order chi connectivity index (χ1) is 14.9. The number of sulfonamides is 1. The van der Waals surface area contributed by atoms with Gasteiger partial charge in [0.15, 0.2) is 11.6 Å². The van der Waals surface area contributed by atoms with E-state index >= 15 is 0 Å². The Bertz CT molecular complexity index is 1120. The number of amides is 1. The largest absolute Gasteiger partial charge is 0.494 e. The maximum absolute atomic E-state index is 14.0. The number of methoxy groups -OCH3 is 1. The minimum absolute atomic E-state index is 0.0426. The van der Waals surface area contributed by atoms with E-state index < -0.39 is 21.3 Å². The van der Waals surface area contributed by atoms with Crippen LogP contribution in [0.3, 0.4) is 0 Å². The molecule has 174 valence electrons. The third-order valence-electron chi connectivity index (χ3n) is 5.28. The van der Waals surface area contributed by atoms with Crippen molar-refractivity contribution in [1.82, 2.24) is 0 Å². The quantitative estimate of drug-likeness (QED) is 0.655. The Labute approximate surface area is 188 Å². The molecule has 1 N–H and O–H groups in total. The smallest absolute Gasteiger partial charge is 0.262 e. The summed E-state index contributed by atoms with van der Waals surface area (Å²) in [6, 6.07) is 8.19. The number of anilines is 2. The predicted molar refractivity (Wildman–Crippen MR) is 121 cm³/mol. The molecule has 2 aromatic rings. The molecule has 0 saturated heterocycles. The summed E-state index contributed by atoms with van der Waals surface area (Å²) >= 11 is 0. The zero-order chi connectivity index (χ0) is 23.7. The highest BCUT2D eigenvalue weighted by molar-refractivity contribution is 7.92. The van der Waals surface area contributed by atoms with E-state index in [4.69, 9.17) is 9.47 Å². The first kappa shape index (κ1) is 23.8. The van der Waals surface area contributed by atoms with Gasteiger partial charge in [-0.05, 0) is 56.5 Å². The second-order valence-electron chi connectivity index (χ2n) is 8.90. The van der Waals surface area contributed by atoms with Crippen molar-refractivity contribution in [2.75, 3.05) is 29.9 Å². The van der Waals surface area contributed by atoms with E-state index in [1.807, 2.05) is 13.8 Å². The minimum atomic E-state index is -4.05. The maximum Gasteiger partial charge on any atom is 0.262 e. The molecule has 1 aliphatic rings. The van der Waals surface area contributed by atoms with Gasteiger partial charge in [0, 0.05) is 12.6 Å². The number of hydrogen-bond acceptors (Lipinski definition) is 5. The summed E-state index contributed by atoms with van der Waals surface area (Å²) < 4.78 is 52.7. The Kier molecular flexibility index (Phi) is 6.69. The molecular weight excluding hydrogens is 435 g/mol. The number of nitrogens with zero attached hydrogens (tertiary/aromatic N) is 1. The molecule has 1 amide bonds. The van der Waals surface area contributed by atoms with E-state index in [1.165, 1.54) is 19.2 Å². The van der Waals surface area contributed by atoms with E-state index in [0.717, 1.165) is 12.5 Å². The second-order valence-corrected chi connectivity index (χ2v) is 10.6. The average molecular weight is 465 g/mol. The fourth-order valence-corrected chi connectivity index (χ4v) is 4.41. The monoisotopic (exact) mass is 464 g/mol. The molecule has 1 aliphatic heterocycles. The van der Waals surface area contributed by atoms with Crippen molar-refractivity contribution in [2.24, 2.45) is 11.3 Å². The molecule has 0 aromatic heterocycles. The number of ether oxygens (including phenoxy) is 2. The van der Waals surface area contributed by atoms with Crippen LogP contribution in [0.4, 0.5) is 15.8 Å². The van der Waals surface area contributed by atoms with E-state index in [9.17, 15) is 17.6 Å². The molecular formula is C23H29FN2O5S. The van der Waals surface area contributed by atoms with E-state index in [-0.39, 0.29) is 28.8 Å². The van der Waals surface area contributed by atoms with Gasteiger partial charge in [0.2, 0.25) is 5.91 Å². The number of carbonyl (C=O) groups is 1.